The summed E-state index contributed by atoms with van der Waals surface area (Å²) in [6.45, 7) is 1.97. The SMILES string of the molecule is CCCC(=O)Nc1cncc(-c2ccc3[nH]nc(-c4cc5c(-c6ccoc6)cncc5[nH]4)c3n2)c1. The molecule has 6 rings (SSSR count). The Hall–Kier alpha value is -4.79. The molecule has 0 aromatic carbocycles. The minimum absolute atomic E-state index is 0.0323. The van der Waals surface area contributed by atoms with Crippen LogP contribution < -0.4 is 5.32 Å². The van der Waals surface area contributed by atoms with Crippen LogP contribution in [0.5, 0.6) is 0 Å². The minimum Gasteiger partial charge on any atom is -0.472 e. The lowest BCUT2D eigenvalue weighted by Crippen LogP contribution is -2.10. The number of furan rings is 1. The maximum absolute atomic E-state index is 12.0. The molecule has 0 unspecified atom stereocenters. The van der Waals surface area contributed by atoms with Gasteiger partial charge in [0.05, 0.1) is 53.0 Å². The summed E-state index contributed by atoms with van der Waals surface area (Å²) in [6.07, 6.45) is 11.6. The first-order valence-electron chi connectivity index (χ1n) is 11.3. The molecule has 6 aromatic rings. The number of H-pyrrole nitrogens is 2. The third-order valence-electron chi connectivity index (χ3n) is 5.84. The number of amides is 1. The van der Waals surface area contributed by atoms with E-state index in [-0.39, 0.29) is 5.91 Å². The Morgan fingerprint density at radius 1 is 1.03 bits per heavy atom. The largest absolute Gasteiger partial charge is 0.472 e. The summed E-state index contributed by atoms with van der Waals surface area (Å²) >= 11 is 0. The maximum atomic E-state index is 12.0. The molecule has 0 aliphatic carbocycles. The van der Waals surface area contributed by atoms with Crippen molar-refractivity contribution in [1.82, 2.24) is 30.1 Å². The Kier molecular flexibility index (Phi) is 5.07. The van der Waals surface area contributed by atoms with Gasteiger partial charge in [0, 0.05) is 40.9 Å². The van der Waals surface area contributed by atoms with Crippen LogP contribution >= 0.6 is 0 Å². The molecule has 3 N–H and O–H groups in total. The van der Waals surface area contributed by atoms with Gasteiger partial charge in [0.15, 0.2) is 0 Å². The van der Waals surface area contributed by atoms with Crippen molar-refractivity contribution in [3.63, 3.8) is 0 Å². The number of carbonyl (C=O) groups is 1. The molecule has 0 saturated heterocycles. The Morgan fingerprint density at radius 2 is 1.94 bits per heavy atom. The van der Waals surface area contributed by atoms with E-state index in [0.29, 0.717) is 17.8 Å². The molecule has 9 nitrogen and oxygen atoms in total. The molecule has 6 heterocycles. The standard InChI is InChI=1S/C26H21N7O2/c1-2-3-24(34)29-17-8-16(10-27-11-17)20-4-5-21-25(31-20)26(33-32-21)22-9-18-19(15-6-7-35-14-15)12-28-13-23(18)30-22/h4-14,30H,2-3H2,1H3,(H,29,34)(H,32,33). The first-order chi connectivity index (χ1) is 17.2. The van der Waals surface area contributed by atoms with Gasteiger partial charge in [-0.2, -0.15) is 5.10 Å². The summed E-state index contributed by atoms with van der Waals surface area (Å²) in [5.74, 6) is -0.0323. The predicted octanol–water partition coefficient (Wildman–Crippen LogP) is 5.56. The van der Waals surface area contributed by atoms with Gasteiger partial charge in [-0.05, 0) is 36.8 Å². The van der Waals surface area contributed by atoms with Crippen LogP contribution in [0.2, 0.25) is 0 Å². The molecule has 0 bridgehead atoms. The summed E-state index contributed by atoms with van der Waals surface area (Å²) in [5, 5.41) is 11.5. The number of hydrogen-bond acceptors (Lipinski definition) is 6. The Bertz CT molecular complexity index is 1660. The lowest BCUT2D eigenvalue weighted by molar-refractivity contribution is -0.116. The topological polar surface area (TPSA) is 125 Å². The summed E-state index contributed by atoms with van der Waals surface area (Å²) in [5.41, 5.74) is 8.08. The zero-order valence-electron chi connectivity index (χ0n) is 18.9. The number of aromatic amines is 2. The Morgan fingerprint density at radius 3 is 2.80 bits per heavy atom. The number of rotatable bonds is 6. The van der Waals surface area contributed by atoms with Gasteiger partial charge < -0.3 is 14.7 Å². The van der Waals surface area contributed by atoms with Crippen molar-refractivity contribution in [3.05, 3.63) is 67.6 Å². The predicted molar refractivity (Wildman–Crippen MR) is 133 cm³/mol. The van der Waals surface area contributed by atoms with Gasteiger partial charge in [-0.15, -0.1) is 0 Å². The fourth-order valence-corrected chi connectivity index (χ4v) is 4.17. The quantitative estimate of drug-likeness (QED) is 0.297. The van der Waals surface area contributed by atoms with E-state index in [4.69, 9.17) is 9.40 Å². The number of fused-ring (bicyclic) bond motifs is 2. The monoisotopic (exact) mass is 463 g/mol. The van der Waals surface area contributed by atoms with E-state index in [1.165, 1.54) is 0 Å². The van der Waals surface area contributed by atoms with Crippen molar-refractivity contribution >= 4 is 33.5 Å². The van der Waals surface area contributed by atoms with Crippen LogP contribution in [0.1, 0.15) is 19.8 Å². The highest BCUT2D eigenvalue weighted by molar-refractivity contribution is 6.00. The zero-order chi connectivity index (χ0) is 23.8. The molecule has 1 amide bonds. The highest BCUT2D eigenvalue weighted by Crippen LogP contribution is 2.33. The van der Waals surface area contributed by atoms with Crippen molar-refractivity contribution in [2.75, 3.05) is 5.32 Å². The molecule has 0 atom stereocenters. The summed E-state index contributed by atoms with van der Waals surface area (Å²) in [4.78, 5) is 29.0. The van der Waals surface area contributed by atoms with E-state index in [0.717, 1.165) is 56.4 Å². The van der Waals surface area contributed by atoms with E-state index in [1.54, 1.807) is 31.1 Å². The molecule has 35 heavy (non-hydrogen) atoms. The van der Waals surface area contributed by atoms with Gasteiger partial charge in [0.25, 0.3) is 0 Å². The second-order valence-electron chi connectivity index (χ2n) is 8.27. The number of nitrogens with one attached hydrogen (secondary N) is 3. The molecule has 0 aliphatic heterocycles. The van der Waals surface area contributed by atoms with Gasteiger partial charge in [-0.1, -0.05) is 6.92 Å². The van der Waals surface area contributed by atoms with Gasteiger partial charge in [0.2, 0.25) is 5.91 Å². The van der Waals surface area contributed by atoms with Crippen LogP contribution in [-0.4, -0.2) is 36.0 Å². The van der Waals surface area contributed by atoms with Crippen molar-refractivity contribution in [1.29, 1.82) is 0 Å². The number of aromatic nitrogens is 6. The number of carbonyl (C=O) groups excluding carboxylic acids is 1. The second-order valence-corrected chi connectivity index (χ2v) is 8.27. The van der Waals surface area contributed by atoms with Crippen LogP contribution in [0.15, 0.2) is 72.1 Å². The normalized spacial score (nSPS) is 11.3. The molecule has 9 heteroatoms. The van der Waals surface area contributed by atoms with Crippen LogP contribution in [0.4, 0.5) is 5.69 Å². The molecule has 6 aromatic heterocycles. The Balaban J connectivity index is 1.40. The second kappa shape index (κ2) is 8.53. The Labute approximate surface area is 199 Å². The lowest BCUT2D eigenvalue weighted by Gasteiger charge is -2.06. The fraction of sp³-hybridized carbons (Fsp3) is 0.115. The van der Waals surface area contributed by atoms with E-state index in [1.807, 2.05) is 37.4 Å². The molecule has 0 spiro atoms. The molecule has 0 fully saturated rings. The molecular weight excluding hydrogens is 442 g/mol. The average molecular weight is 464 g/mol. The number of anilines is 1. The van der Waals surface area contributed by atoms with Crippen LogP contribution in [-0.2, 0) is 4.79 Å². The molecule has 0 aliphatic rings. The maximum Gasteiger partial charge on any atom is 0.224 e. The minimum atomic E-state index is -0.0323. The van der Waals surface area contributed by atoms with Gasteiger partial charge in [0.1, 0.15) is 11.2 Å². The van der Waals surface area contributed by atoms with Crippen molar-refractivity contribution in [2.24, 2.45) is 0 Å². The first kappa shape index (κ1) is 20.8. The van der Waals surface area contributed by atoms with Crippen LogP contribution in [0, 0.1) is 0 Å². The average Bonchev–Trinajstić information content (AvgIpc) is 3.63. The third kappa shape index (κ3) is 3.82. The van der Waals surface area contributed by atoms with E-state index in [9.17, 15) is 4.79 Å². The van der Waals surface area contributed by atoms with Gasteiger partial charge in [-0.3, -0.25) is 19.9 Å². The number of hydrogen-bond donors (Lipinski definition) is 3. The van der Waals surface area contributed by atoms with E-state index < -0.39 is 0 Å². The summed E-state index contributed by atoms with van der Waals surface area (Å²) < 4.78 is 5.26. The summed E-state index contributed by atoms with van der Waals surface area (Å²) in [6, 6.07) is 9.69. The third-order valence-corrected chi connectivity index (χ3v) is 5.84. The number of nitrogens with zero attached hydrogens (tertiary/aromatic N) is 4. The molecule has 0 saturated carbocycles. The summed E-state index contributed by atoms with van der Waals surface area (Å²) in [7, 11) is 0. The van der Waals surface area contributed by atoms with E-state index in [2.05, 4.69) is 36.5 Å². The van der Waals surface area contributed by atoms with Gasteiger partial charge in [-0.25, -0.2) is 4.98 Å². The number of pyridine rings is 3. The molecule has 172 valence electrons. The smallest absolute Gasteiger partial charge is 0.224 e. The highest BCUT2D eigenvalue weighted by Gasteiger charge is 2.16. The fourth-order valence-electron chi connectivity index (χ4n) is 4.17. The molecule has 0 radical (unpaired) electrons. The van der Waals surface area contributed by atoms with Crippen LogP contribution in [0.25, 0.3) is 55.7 Å². The van der Waals surface area contributed by atoms with Gasteiger partial charge >= 0.3 is 0 Å². The van der Waals surface area contributed by atoms with Crippen molar-refractivity contribution in [3.8, 4) is 33.8 Å². The highest BCUT2D eigenvalue weighted by atomic mass is 16.3. The van der Waals surface area contributed by atoms with E-state index >= 15 is 0 Å². The zero-order valence-corrected chi connectivity index (χ0v) is 18.9. The van der Waals surface area contributed by atoms with Crippen LogP contribution in [0.3, 0.4) is 0 Å². The van der Waals surface area contributed by atoms with Crippen molar-refractivity contribution < 1.29 is 9.21 Å². The first-order valence-corrected chi connectivity index (χ1v) is 11.3. The van der Waals surface area contributed by atoms with Crippen molar-refractivity contribution in [2.45, 2.75) is 19.8 Å². The lowest BCUT2D eigenvalue weighted by atomic mass is 10.1. The molecular formula is C26H21N7O2.